The number of thiocarbonyl (C=S) groups is 2. The van der Waals surface area contributed by atoms with Crippen LogP contribution in [0, 0.1) is 5.92 Å². The van der Waals surface area contributed by atoms with Crippen LogP contribution in [0.25, 0.3) is 0 Å². The van der Waals surface area contributed by atoms with Crippen LogP contribution in [0.15, 0.2) is 10.0 Å². The molecule has 0 saturated heterocycles. The van der Waals surface area contributed by atoms with Gasteiger partial charge in [-0.05, 0) is 37.3 Å². The molecule has 2 aliphatic rings. The van der Waals surface area contributed by atoms with Gasteiger partial charge in [-0.2, -0.15) is 96.6 Å². The number of hydrogen-bond acceptors (Lipinski definition) is 2. The van der Waals surface area contributed by atoms with Crippen molar-refractivity contribution < 1.29 is 110 Å². The molecule has 0 spiro atoms. The van der Waals surface area contributed by atoms with Crippen molar-refractivity contribution in [3.63, 3.8) is 0 Å². The molecule has 0 radical (unpaired) electrons. The topological polar surface area (TPSA) is 0 Å². The van der Waals surface area contributed by atoms with E-state index in [1.165, 1.54) is 32.6 Å². The fourth-order valence-corrected chi connectivity index (χ4v) is 3.72. The van der Waals surface area contributed by atoms with E-state index in [-0.39, 0.29) is 4.49 Å². The highest BCUT2D eigenvalue weighted by Crippen LogP contribution is 2.81. The number of halogens is 41. The zero-order valence-corrected chi connectivity index (χ0v) is 47.8. The molecule has 0 nitrogen and oxygen atoms in total. The molecule has 72 heavy (non-hydrogen) atoms. The Labute approximate surface area is 482 Å². The zero-order valence-electron chi connectivity index (χ0n) is 34.0. The Hall–Kier alpha value is 2.85. The monoisotopic (exact) mass is 1470 g/mol. The Bertz CT molecular complexity index is 1440. The standard InChI is InChI=1S/C10F18.C8H18.C2Cl3F3.C2HCl3.C2HCl2F3.C2H4ClF.CCl4.CHCl3.CS2/c11-1-2(12,5(17,18)9(25,26)7(21,22)3(1,13)14)6(19,20)10(27,28)8(23,24)4(1,15)16;1-4-5-6-7-8(2)3;3-1(4,5)2(6,7)8;3-1-2(4)5;3-1(4)2(5,6)7;1-2(3)4;2-1(3,4)5;2-1(3)4;2-1-3/h;8H,4-7H2,1-3H3;;1H;1H;2H,1H3;;1H;. The second-order valence-corrected chi connectivity index (χ2v) is 23.6. The maximum atomic E-state index is 14.2. The molecule has 0 heterocycles. The Morgan fingerprint density at radius 1 is 0.514 bits per heavy atom. The first-order valence-electron chi connectivity index (χ1n) is 16.3. The van der Waals surface area contributed by atoms with Crippen LogP contribution in [0.4, 0.5) is 110 Å². The van der Waals surface area contributed by atoms with E-state index in [4.69, 9.17) is 116 Å². The fourth-order valence-electron chi connectivity index (χ4n) is 3.72. The molecular weight excluding hydrogens is 1450 g/mol. The summed E-state index contributed by atoms with van der Waals surface area (Å²) in [6.07, 6.45) is -3.63. The highest BCUT2D eigenvalue weighted by molar-refractivity contribution is 7.93. The Balaban J connectivity index is -0.000000157. The van der Waals surface area contributed by atoms with E-state index in [0.717, 1.165) is 11.5 Å². The number of hydrogen-bond donors (Lipinski definition) is 0. The molecular formula is C29H25Cl16F25S2. The number of unbranched alkanes of at least 4 members (excludes halogenated alkanes) is 2. The quantitative estimate of drug-likeness (QED) is 0.119. The predicted octanol–water partition coefficient (Wildman–Crippen LogP) is 23.6. The summed E-state index contributed by atoms with van der Waals surface area (Å²) in [6.45, 7) is 8.09. The van der Waals surface area contributed by atoms with Gasteiger partial charge in [0.15, 0.2) is 9.93 Å². The van der Waals surface area contributed by atoms with Crippen molar-refractivity contribution in [3.8, 4) is 0 Å². The second kappa shape index (κ2) is 33.7. The molecule has 2 aliphatic carbocycles. The SMILES string of the molecule is CC(F)Cl.CCCCCC(C)C.ClC(Cl)(Cl)Cl.ClC(Cl)Cl.ClC=C(Cl)Cl.FC(F)(F)C(Cl)(Cl)Cl.FC(F)(F)C(Cl)Cl.FC1(F)C(F)(F)C(F)(F)C2(F)C(F)(F)C(F)(F)C(F)(F)C(F)(F)C2(F)C1(F)F.S=C=S. The molecule has 2 fully saturated rings. The van der Waals surface area contributed by atoms with Crippen LogP contribution in [-0.2, 0) is 0 Å². The van der Waals surface area contributed by atoms with Gasteiger partial charge >= 0.3 is 59.7 Å². The predicted molar refractivity (Wildman–Crippen MR) is 244 cm³/mol. The van der Waals surface area contributed by atoms with Crippen molar-refractivity contribution in [2.45, 2.75) is 146 Å². The van der Waals surface area contributed by atoms with Gasteiger partial charge in [-0.3, -0.25) is 0 Å². The van der Waals surface area contributed by atoms with E-state index in [1.54, 1.807) is 0 Å². The number of fused-ring (bicyclic) bond motifs is 1. The van der Waals surface area contributed by atoms with Gasteiger partial charge in [-0.25, -0.2) is 13.2 Å². The average Bonchev–Trinajstić information content (AvgIpc) is 3.11. The summed E-state index contributed by atoms with van der Waals surface area (Å²) in [4.78, 5) is -2.26. The molecule has 440 valence electrons. The molecule has 1 unspecified atom stereocenters. The molecule has 0 N–H and O–H groups in total. The maximum Gasteiger partial charge on any atom is 0.435 e. The summed E-state index contributed by atoms with van der Waals surface area (Å²) in [5.74, 6) is -65.9. The number of alkyl halides is 38. The third kappa shape index (κ3) is 24.5. The van der Waals surface area contributed by atoms with E-state index in [2.05, 4.69) is 115 Å². The first-order chi connectivity index (χ1) is 30.9. The molecule has 0 aromatic heterocycles. The lowest BCUT2D eigenvalue weighted by molar-refractivity contribution is -0.560. The van der Waals surface area contributed by atoms with Crippen LogP contribution in [-0.4, -0.2) is 97.2 Å². The fraction of sp³-hybridized carbons (Fsp3) is 0.897. The van der Waals surface area contributed by atoms with Crippen molar-refractivity contribution in [2.24, 2.45) is 5.92 Å². The second-order valence-electron chi connectivity index (χ2n) is 12.3. The Morgan fingerprint density at radius 3 is 0.750 bits per heavy atom. The Kier molecular flexibility index (Phi) is 41.5. The maximum absolute atomic E-state index is 14.2. The number of rotatable bonds is 4. The Morgan fingerprint density at radius 2 is 0.667 bits per heavy atom. The molecule has 0 bridgehead atoms. The molecule has 0 aromatic rings. The summed E-state index contributed by atoms with van der Waals surface area (Å²) < 4.78 is 314. The molecule has 0 aromatic carbocycles. The normalized spacial score (nSPS) is 23.6. The van der Waals surface area contributed by atoms with E-state index in [9.17, 15) is 110 Å². The highest BCUT2D eigenvalue weighted by Gasteiger charge is 3.15. The van der Waals surface area contributed by atoms with Crippen molar-refractivity contribution in [1.82, 2.24) is 0 Å². The van der Waals surface area contributed by atoms with Crippen molar-refractivity contribution in [3.05, 3.63) is 10.0 Å². The molecule has 0 aliphatic heterocycles. The van der Waals surface area contributed by atoms with Crippen LogP contribution < -0.4 is 0 Å². The van der Waals surface area contributed by atoms with Gasteiger partial charge < -0.3 is 0 Å². The lowest BCUT2D eigenvalue weighted by Gasteiger charge is -2.63. The van der Waals surface area contributed by atoms with Crippen molar-refractivity contribution in [2.75, 3.05) is 0 Å². The highest BCUT2D eigenvalue weighted by atomic mass is 35.6. The van der Waals surface area contributed by atoms with Crippen LogP contribution >= 0.6 is 210 Å². The minimum atomic E-state index is -8.64. The minimum Gasteiger partial charge on any atom is -0.230 e. The largest absolute Gasteiger partial charge is 0.435 e. The van der Waals surface area contributed by atoms with E-state index in [1.807, 2.05) is 4.31 Å². The van der Waals surface area contributed by atoms with Crippen LogP contribution in [0.5, 0.6) is 0 Å². The van der Waals surface area contributed by atoms with Gasteiger partial charge in [0, 0.05) is 9.85 Å². The summed E-state index contributed by atoms with van der Waals surface area (Å²) in [6, 6.07) is 0. The van der Waals surface area contributed by atoms with Gasteiger partial charge in [0.1, 0.15) is 4.49 Å². The van der Waals surface area contributed by atoms with Gasteiger partial charge in [0.2, 0.25) is 4.84 Å². The summed E-state index contributed by atoms with van der Waals surface area (Å²) in [7, 11) is 0. The first-order valence-corrected chi connectivity index (χ1v) is 23.6. The van der Waals surface area contributed by atoms with Crippen molar-refractivity contribution >= 4 is 214 Å². The van der Waals surface area contributed by atoms with E-state index >= 15 is 0 Å². The summed E-state index contributed by atoms with van der Waals surface area (Å²) >= 11 is 83.1. The lowest BCUT2D eigenvalue weighted by atomic mass is 9.54. The molecule has 1 atom stereocenters. The van der Waals surface area contributed by atoms with Crippen LogP contribution in [0.1, 0.15) is 53.4 Å². The van der Waals surface area contributed by atoms with Gasteiger partial charge in [-0.15, -0.1) is 0 Å². The summed E-state index contributed by atoms with van der Waals surface area (Å²) in [5, 5.41) is 0. The van der Waals surface area contributed by atoms with Gasteiger partial charge in [0.25, 0.3) is 18.4 Å². The molecule has 2 saturated carbocycles. The van der Waals surface area contributed by atoms with E-state index in [0.29, 0.717) is 0 Å². The molecule has 0 amide bonds. The van der Waals surface area contributed by atoms with Crippen LogP contribution in [0.3, 0.4) is 0 Å². The minimum absolute atomic E-state index is 0.0895. The lowest BCUT2D eigenvalue weighted by Crippen LogP contribution is -2.98. The summed E-state index contributed by atoms with van der Waals surface area (Å²) in [5.41, 5.74) is -17.4. The van der Waals surface area contributed by atoms with E-state index < -0.39 is 92.9 Å². The third-order valence-corrected chi connectivity index (χ3v) is 8.41. The third-order valence-electron chi connectivity index (χ3n) is 6.61. The van der Waals surface area contributed by atoms with Crippen molar-refractivity contribution in [1.29, 1.82) is 0 Å². The first kappa shape index (κ1) is 88.7. The van der Waals surface area contributed by atoms with Gasteiger partial charge in [-0.1, -0.05) is 232 Å². The van der Waals surface area contributed by atoms with Gasteiger partial charge in [0.05, 0.1) is 0 Å². The average molecular weight is 1480 g/mol. The molecule has 2 rings (SSSR count). The van der Waals surface area contributed by atoms with Crippen LogP contribution in [0.2, 0.25) is 0 Å². The zero-order chi connectivity index (χ0) is 61.1. The molecule has 43 heteroatoms. The smallest absolute Gasteiger partial charge is 0.230 e.